The highest BCUT2D eigenvalue weighted by Gasteiger charge is 2.21. The molecular weight excluding hydrogens is 256 g/mol. The van der Waals surface area contributed by atoms with Gasteiger partial charge >= 0.3 is 11.9 Å². The van der Waals surface area contributed by atoms with Crippen LogP contribution in [-0.2, 0) is 9.53 Å². The predicted molar refractivity (Wildman–Crippen MR) is 65.2 cm³/mol. The first-order chi connectivity index (χ1) is 8.95. The molecule has 2 N–H and O–H groups in total. The molecule has 0 aromatic heterocycles. The van der Waals surface area contributed by atoms with Gasteiger partial charge in [-0.25, -0.2) is 4.79 Å². The Bertz CT molecular complexity index is 514. The van der Waals surface area contributed by atoms with E-state index in [2.05, 4.69) is 5.32 Å². The normalized spacial score (nSPS) is 9.74. The molecule has 1 aromatic carbocycles. The fourth-order valence-corrected chi connectivity index (χ4v) is 1.36. The topological polar surface area (TPSA) is 119 Å². The molecule has 0 spiro atoms. The number of aliphatic carboxylic acids is 1. The molecule has 0 radical (unpaired) electrons. The smallest absolute Gasteiger partial charge is 0.345 e. The van der Waals surface area contributed by atoms with Crippen LogP contribution in [0.4, 0.5) is 11.4 Å². The van der Waals surface area contributed by atoms with Crippen LogP contribution < -0.4 is 5.32 Å². The molecule has 0 aliphatic heterocycles. The summed E-state index contributed by atoms with van der Waals surface area (Å²) in [5, 5.41) is 21.8. The van der Waals surface area contributed by atoms with Gasteiger partial charge in [-0.15, -0.1) is 0 Å². The van der Waals surface area contributed by atoms with Crippen LogP contribution in [-0.4, -0.2) is 35.1 Å². The van der Waals surface area contributed by atoms with Crippen LogP contribution >= 0.6 is 0 Å². The molecule has 0 aliphatic carbocycles. The molecule has 0 saturated carbocycles. The number of rotatable bonds is 6. The van der Waals surface area contributed by atoms with Gasteiger partial charge in [-0.2, -0.15) is 0 Å². The van der Waals surface area contributed by atoms with Gasteiger partial charge < -0.3 is 15.2 Å². The third kappa shape index (κ3) is 3.95. The van der Waals surface area contributed by atoms with E-state index in [1.54, 1.807) is 6.92 Å². The number of esters is 1. The number of carboxylic acids is 1. The van der Waals surface area contributed by atoms with E-state index in [4.69, 9.17) is 9.84 Å². The molecule has 0 amide bonds. The van der Waals surface area contributed by atoms with Gasteiger partial charge in [0.2, 0.25) is 0 Å². The summed E-state index contributed by atoms with van der Waals surface area (Å²) in [6.45, 7) is 1.30. The number of carbonyl (C=O) groups excluding carboxylic acids is 1. The summed E-state index contributed by atoms with van der Waals surface area (Å²) in [6.07, 6.45) is 0. The van der Waals surface area contributed by atoms with E-state index in [1.807, 2.05) is 0 Å². The van der Waals surface area contributed by atoms with E-state index >= 15 is 0 Å². The van der Waals surface area contributed by atoms with Crippen molar-refractivity contribution >= 4 is 23.3 Å². The highest BCUT2D eigenvalue weighted by molar-refractivity contribution is 5.95. The van der Waals surface area contributed by atoms with Gasteiger partial charge in [0.15, 0.2) is 0 Å². The summed E-state index contributed by atoms with van der Waals surface area (Å²) >= 11 is 0. The maximum atomic E-state index is 11.6. The summed E-state index contributed by atoms with van der Waals surface area (Å²) in [5.41, 5.74) is -0.322. The summed E-state index contributed by atoms with van der Waals surface area (Å²) in [4.78, 5) is 32.1. The number of hydrogen-bond acceptors (Lipinski definition) is 6. The minimum absolute atomic E-state index is 0.0861. The number of carboxylic acid groups (broad SMARTS) is 1. The number of nitrogens with one attached hydrogen (secondary N) is 1. The first-order valence-electron chi connectivity index (χ1n) is 5.37. The maximum Gasteiger partial charge on any atom is 0.345 e. The summed E-state index contributed by atoms with van der Waals surface area (Å²) in [6, 6.07) is 3.64. The third-order valence-electron chi connectivity index (χ3n) is 2.13. The van der Waals surface area contributed by atoms with Crippen molar-refractivity contribution in [2.24, 2.45) is 0 Å². The first kappa shape index (κ1) is 14.4. The SMILES string of the molecule is CCOC(=O)c1cc(NCC(=O)O)ccc1[N+](=O)[O-]. The zero-order valence-corrected chi connectivity index (χ0v) is 10.1. The Labute approximate surface area is 108 Å². The Balaban J connectivity index is 3.07. The van der Waals surface area contributed by atoms with E-state index < -0.39 is 16.9 Å². The number of nitro groups is 1. The summed E-state index contributed by atoms with van der Waals surface area (Å²) in [5.74, 6) is -1.91. The van der Waals surface area contributed by atoms with E-state index in [0.29, 0.717) is 0 Å². The van der Waals surface area contributed by atoms with Gasteiger partial charge in [0.1, 0.15) is 12.1 Å². The molecule has 0 atom stereocenters. The Morgan fingerprint density at radius 3 is 2.68 bits per heavy atom. The van der Waals surface area contributed by atoms with Gasteiger partial charge in [0.05, 0.1) is 11.5 Å². The minimum Gasteiger partial charge on any atom is -0.480 e. The van der Waals surface area contributed by atoms with Crippen LogP contribution in [0.5, 0.6) is 0 Å². The molecule has 8 nitrogen and oxygen atoms in total. The van der Waals surface area contributed by atoms with Gasteiger partial charge in [0, 0.05) is 11.8 Å². The molecular formula is C11H12N2O6. The number of ether oxygens (including phenoxy) is 1. The lowest BCUT2D eigenvalue weighted by atomic mass is 10.1. The molecule has 1 rings (SSSR count). The lowest BCUT2D eigenvalue weighted by Gasteiger charge is -2.07. The average molecular weight is 268 g/mol. The minimum atomic E-state index is -1.09. The summed E-state index contributed by atoms with van der Waals surface area (Å²) in [7, 11) is 0. The number of nitrogens with zero attached hydrogens (tertiary/aromatic N) is 1. The van der Waals surface area contributed by atoms with Crippen molar-refractivity contribution in [2.75, 3.05) is 18.5 Å². The highest BCUT2D eigenvalue weighted by atomic mass is 16.6. The molecule has 0 saturated heterocycles. The standard InChI is InChI=1S/C11H12N2O6/c1-2-19-11(16)8-5-7(12-6-10(14)15)3-4-9(8)13(17)18/h3-5,12H,2,6H2,1H3,(H,14,15). The number of benzene rings is 1. The molecule has 0 aliphatic rings. The number of carbonyl (C=O) groups is 2. The fraction of sp³-hybridized carbons (Fsp3) is 0.273. The molecule has 19 heavy (non-hydrogen) atoms. The van der Waals surface area contributed by atoms with Crippen molar-refractivity contribution in [3.05, 3.63) is 33.9 Å². The second-order valence-electron chi connectivity index (χ2n) is 3.46. The van der Waals surface area contributed by atoms with E-state index in [1.165, 1.54) is 12.1 Å². The second kappa shape index (κ2) is 6.34. The maximum absolute atomic E-state index is 11.6. The van der Waals surface area contributed by atoms with Crippen molar-refractivity contribution in [2.45, 2.75) is 6.92 Å². The number of anilines is 1. The molecule has 0 fully saturated rings. The van der Waals surface area contributed by atoms with Gasteiger partial charge in [-0.05, 0) is 19.1 Å². The molecule has 0 unspecified atom stereocenters. The Morgan fingerprint density at radius 2 is 2.16 bits per heavy atom. The summed E-state index contributed by atoms with van der Waals surface area (Å²) < 4.78 is 4.71. The molecule has 0 heterocycles. The van der Waals surface area contributed by atoms with Crippen molar-refractivity contribution in [3.8, 4) is 0 Å². The number of nitro benzene ring substituents is 1. The molecule has 102 valence electrons. The van der Waals surface area contributed by atoms with Crippen LogP contribution in [0.2, 0.25) is 0 Å². The molecule has 8 heteroatoms. The van der Waals surface area contributed by atoms with Crippen LogP contribution in [0.25, 0.3) is 0 Å². The zero-order chi connectivity index (χ0) is 14.4. The molecule has 1 aromatic rings. The van der Waals surface area contributed by atoms with Crippen LogP contribution in [0.3, 0.4) is 0 Å². The predicted octanol–water partition coefficient (Wildman–Crippen LogP) is 1.27. The Kier molecular flexibility index (Phi) is 4.81. The van der Waals surface area contributed by atoms with Crippen molar-refractivity contribution in [1.82, 2.24) is 0 Å². The van der Waals surface area contributed by atoms with Crippen molar-refractivity contribution in [3.63, 3.8) is 0 Å². The second-order valence-corrected chi connectivity index (χ2v) is 3.46. The monoisotopic (exact) mass is 268 g/mol. The van der Waals surface area contributed by atoms with Gasteiger partial charge in [-0.3, -0.25) is 14.9 Å². The largest absolute Gasteiger partial charge is 0.480 e. The van der Waals surface area contributed by atoms with Crippen LogP contribution in [0.15, 0.2) is 18.2 Å². The van der Waals surface area contributed by atoms with E-state index in [9.17, 15) is 19.7 Å². The van der Waals surface area contributed by atoms with Gasteiger partial charge in [-0.1, -0.05) is 0 Å². The Hall–Kier alpha value is -2.64. The van der Waals surface area contributed by atoms with Crippen LogP contribution in [0.1, 0.15) is 17.3 Å². The highest BCUT2D eigenvalue weighted by Crippen LogP contribution is 2.23. The van der Waals surface area contributed by atoms with Crippen molar-refractivity contribution < 1.29 is 24.4 Å². The zero-order valence-electron chi connectivity index (χ0n) is 10.1. The number of hydrogen-bond donors (Lipinski definition) is 2. The first-order valence-corrected chi connectivity index (χ1v) is 5.37. The average Bonchev–Trinajstić information content (AvgIpc) is 2.36. The van der Waals surface area contributed by atoms with Crippen LogP contribution in [0, 0.1) is 10.1 Å². The quantitative estimate of drug-likeness (QED) is 0.453. The lowest BCUT2D eigenvalue weighted by Crippen LogP contribution is -2.13. The van der Waals surface area contributed by atoms with Gasteiger partial charge in [0.25, 0.3) is 5.69 Å². The van der Waals surface area contributed by atoms with E-state index in [-0.39, 0.29) is 30.1 Å². The van der Waals surface area contributed by atoms with E-state index in [0.717, 1.165) is 6.07 Å². The fourth-order valence-electron chi connectivity index (χ4n) is 1.36. The molecule has 0 bridgehead atoms. The Morgan fingerprint density at radius 1 is 1.47 bits per heavy atom. The third-order valence-corrected chi connectivity index (χ3v) is 2.13. The lowest BCUT2D eigenvalue weighted by molar-refractivity contribution is -0.385. The van der Waals surface area contributed by atoms with Crippen molar-refractivity contribution in [1.29, 1.82) is 0 Å².